The quantitative estimate of drug-likeness (QED) is 0.832. The smallest absolute Gasteiger partial charge is 0.145 e. The normalized spacial score (nSPS) is 12.7. The molecular formula is C15H21ClFNO. The first-order valence-electron chi connectivity index (χ1n) is 6.58. The zero-order chi connectivity index (χ0) is 14.4. The highest BCUT2D eigenvalue weighted by atomic mass is 35.5. The van der Waals surface area contributed by atoms with Gasteiger partial charge in [0.05, 0.1) is 5.02 Å². The highest BCUT2D eigenvalue weighted by Crippen LogP contribution is 2.20. The van der Waals surface area contributed by atoms with Crippen molar-refractivity contribution >= 4 is 17.4 Å². The van der Waals surface area contributed by atoms with Crippen molar-refractivity contribution in [3.63, 3.8) is 0 Å². The third-order valence-electron chi connectivity index (χ3n) is 3.07. The van der Waals surface area contributed by atoms with Crippen LogP contribution in [0, 0.1) is 17.7 Å². The molecule has 0 radical (unpaired) electrons. The maximum absolute atomic E-state index is 13.7. The molecule has 19 heavy (non-hydrogen) atoms. The second-order valence-electron chi connectivity index (χ2n) is 5.36. The maximum atomic E-state index is 13.7. The summed E-state index contributed by atoms with van der Waals surface area (Å²) < 4.78 is 13.7. The molecule has 0 saturated carbocycles. The SMILES string of the molecule is CC(C)CC(CN)CC(=O)Cc1cccc(Cl)c1F. The summed E-state index contributed by atoms with van der Waals surface area (Å²) in [6.07, 6.45) is 1.40. The molecule has 0 aromatic heterocycles. The molecule has 0 amide bonds. The molecule has 106 valence electrons. The van der Waals surface area contributed by atoms with Gasteiger partial charge < -0.3 is 5.73 Å². The van der Waals surface area contributed by atoms with Gasteiger partial charge in [0, 0.05) is 12.8 Å². The van der Waals surface area contributed by atoms with E-state index in [9.17, 15) is 9.18 Å². The average molecular weight is 286 g/mol. The predicted octanol–water partition coefficient (Wildman–Crippen LogP) is 3.60. The van der Waals surface area contributed by atoms with Crippen LogP contribution in [0.4, 0.5) is 4.39 Å². The highest BCUT2D eigenvalue weighted by molar-refractivity contribution is 6.30. The first-order valence-corrected chi connectivity index (χ1v) is 6.96. The van der Waals surface area contributed by atoms with Crippen LogP contribution in [0.5, 0.6) is 0 Å². The molecule has 0 fully saturated rings. The van der Waals surface area contributed by atoms with Crippen molar-refractivity contribution in [1.82, 2.24) is 0 Å². The minimum atomic E-state index is -0.495. The van der Waals surface area contributed by atoms with Gasteiger partial charge in [0.15, 0.2) is 0 Å². The van der Waals surface area contributed by atoms with Crippen molar-refractivity contribution in [2.75, 3.05) is 6.54 Å². The molecule has 1 aromatic rings. The summed E-state index contributed by atoms with van der Waals surface area (Å²) in [4.78, 5) is 12.0. The van der Waals surface area contributed by atoms with Crippen molar-refractivity contribution in [2.45, 2.75) is 33.1 Å². The van der Waals surface area contributed by atoms with Crippen LogP contribution in [-0.2, 0) is 11.2 Å². The molecule has 1 unspecified atom stereocenters. The lowest BCUT2D eigenvalue weighted by molar-refractivity contribution is -0.119. The van der Waals surface area contributed by atoms with Crippen molar-refractivity contribution in [3.05, 3.63) is 34.6 Å². The Balaban J connectivity index is 2.62. The van der Waals surface area contributed by atoms with Crippen LogP contribution < -0.4 is 5.73 Å². The summed E-state index contributed by atoms with van der Waals surface area (Å²) in [6, 6.07) is 4.73. The fourth-order valence-electron chi connectivity index (χ4n) is 2.22. The molecule has 0 bridgehead atoms. The number of ketones is 1. The summed E-state index contributed by atoms with van der Waals surface area (Å²) in [6.45, 7) is 4.69. The second-order valence-corrected chi connectivity index (χ2v) is 5.77. The zero-order valence-corrected chi connectivity index (χ0v) is 12.2. The predicted molar refractivity (Wildman–Crippen MR) is 76.7 cm³/mol. The molecule has 0 aliphatic heterocycles. The minimum absolute atomic E-state index is 0.0114. The number of hydrogen-bond donors (Lipinski definition) is 1. The molecule has 0 spiro atoms. The second kappa shape index (κ2) is 7.61. The van der Waals surface area contributed by atoms with Crippen LogP contribution in [0.2, 0.25) is 5.02 Å². The molecule has 1 aromatic carbocycles. The van der Waals surface area contributed by atoms with Gasteiger partial charge in [0.1, 0.15) is 11.6 Å². The molecule has 2 N–H and O–H groups in total. The Morgan fingerprint density at radius 2 is 2.11 bits per heavy atom. The van der Waals surface area contributed by atoms with Crippen molar-refractivity contribution in [2.24, 2.45) is 17.6 Å². The van der Waals surface area contributed by atoms with Crippen molar-refractivity contribution in [1.29, 1.82) is 0 Å². The first kappa shape index (κ1) is 16.1. The lowest BCUT2D eigenvalue weighted by Gasteiger charge is -2.16. The van der Waals surface area contributed by atoms with E-state index in [4.69, 9.17) is 17.3 Å². The van der Waals surface area contributed by atoms with E-state index in [1.54, 1.807) is 12.1 Å². The van der Waals surface area contributed by atoms with Gasteiger partial charge in [-0.25, -0.2) is 4.39 Å². The largest absolute Gasteiger partial charge is 0.330 e. The van der Waals surface area contributed by atoms with E-state index in [0.717, 1.165) is 6.42 Å². The Morgan fingerprint density at radius 3 is 2.68 bits per heavy atom. The van der Waals surface area contributed by atoms with Crippen LogP contribution in [0.1, 0.15) is 32.3 Å². The fraction of sp³-hybridized carbons (Fsp3) is 0.533. The number of nitrogens with two attached hydrogens (primary N) is 1. The standard InChI is InChI=1S/C15H21ClFNO/c1-10(2)6-11(9-18)7-13(19)8-12-4-3-5-14(16)15(12)17/h3-5,10-11H,6-9,18H2,1-2H3. The molecule has 1 rings (SSSR count). The Bertz CT molecular complexity index is 434. The average Bonchev–Trinajstić information content (AvgIpc) is 2.33. The van der Waals surface area contributed by atoms with Gasteiger partial charge in [-0.05, 0) is 36.4 Å². The van der Waals surface area contributed by atoms with Crippen molar-refractivity contribution in [3.8, 4) is 0 Å². The topological polar surface area (TPSA) is 43.1 Å². The Kier molecular flexibility index (Phi) is 6.46. The van der Waals surface area contributed by atoms with Gasteiger partial charge in [0.2, 0.25) is 0 Å². The van der Waals surface area contributed by atoms with Gasteiger partial charge in [-0.15, -0.1) is 0 Å². The third-order valence-corrected chi connectivity index (χ3v) is 3.37. The van der Waals surface area contributed by atoms with Crippen molar-refractivity contribution < 1.29 is 9.18 Å². The van der Waals surface area contributed by atoms with Gasteiger partial charge in [0.25, 0.3) is 0 Å². The summed E-state index contributed by atoms with van der Waals surface area (Å²) >= 11 is 5.69. The monoisotopic (exact) mass is 285 g/mol. The van der Waals surface area contributed by atoms with Gasteiger partial charge in [-0.3, -0.25) is 4.79 Å². The fourth-order valence-corrected chi connectivity index (χ4v) is 2.42. The Morgan fingerprint density at radius 1 is 1.42 bits per heavy atom. The molecule has 2 nitrogen and oxygen atoms in total. The van der Waals surface area contributed by atoms with Crippen LogP contribution in [0.15, 0.2) is 18.2 Å². The molecule has 0 saturated heterocycles. The van der Waals surface area contributed by atoms with Crippen LogP contribution >= 0.6 is 11.6 Å². The molecule has 0 aliphatic rings. The molecule has 4 heteroatoms. The van der Waals surface area contributed by atoms with E-state index in [1.165, 1.54) is 6.07 Å². The molecular weight excluding hydrogens is 265 g/mol. The number of hydrogen-bond acceptors (Lipinski definition) is 2. The van der Waals surface area contributed by atoms with E-state index in [1.807, 2.05) is 0 Å². The van der Waals surface area contributed by atoms with E-state index in [-0.39, 0.29) is 23.1 Å². The Labute approximate surface area is 119 Å². The van der Waals surface area contributed by atoms with Gasteiger partial charge in [-0.1, -0.05) is 37.6 Å². The third kappa shape index (κ3) is 5.29. The summed E-state index contributed by atoms with van der Waals surface area (Å²) in [7, 11) is 0. The summed E-state index contributed by atoms with van der Waals surface area (Å²) in [5, 5.41) is 0.0582. The van der Waals surface area contributed by atoms with E-state index < -0.39 is 5.82 Å². The molecule has 1 atom stereocenters. The minimum Gasteiger partial charge on any atom is -0.330 e. The highest BCUT2D eigenvalue weighted by Gasteiger charge is 2.16. The zero-order valence-electron chi connectivity index (χ0n) is 11.5. The number of benzene rings is 1. The molecule has 0 heterocycles. The first-order chi connectivity index (χ1) is 8.93. The van der Waals surface area contributed by atoms with E-state index >= 15 is 0 Å². The van der Waals surface area contributed by atoms with E-state index in [2.05, 4.69) is 13.8 Å². The van der Waals surface area contributed by atoms with E-state index in [0.29, 0.717) is 24.4 Å². The van der Waals surface area contributed by atoms with Crippen LogP contribution in [-0.4, -0.2) is 12.3 Å². The summed E-state index contributed by atoms with van der Waals surface area (Å²) in [5.74, 6) is 0.196. The maximum Gasteiger partial charge on any atom is 0.145 e. The number of rotatable bonds is 7. The number of carbonyl (C=O) groups excluding carboxylic acids is 1. The lowest BCUT2D eigenvalue weighted by Crippen LogP contribution is -2.21. The Hall–Kier alpha value is -0.930. The van der Waals surface area contributed by atoms with Gasteiger partial charge in [-0.2, -0.15) is 0 Å². The number of carbonyl (C=O) groups is 1. The number of Topliss-reactive ketones (excluding diaryl/α,β-unsaturated/α-hetero) is 1. The van der Waals surface area contributed by atoms with Crippen LogP contribution in [0.3, 0.4) is 0 Å². The summed E-state index contributed by atoms with van der Waals surface area (Å²) in [5.41, 5.74) is 6.03. The van der Waals surface area contributed by atoms with Gasteiger partial charge >= 0.3 is 0 Å². The number of halogens is 2. The lowest BCUT2D eigenvalue weighted by atomic mass is 9.91. The molecule has 0 aliphatic carbocycles. The van der Waals surface area contributed by atoms with Crippen LogP contribution in [0.25, 0.3) is 0 Å².